The normalized spacial score (nSPS) is 25.2. The van der Waals surface area contributed by atoms with E-state index in [2.05, 4.69) is 17.1 Å². The van der Waals surface area contributed by atoms with Crippen LogP contribution in [0.2, 0.25) is 0 Å². The van der Waals surface area contributed by atoms with Crippen molar-refractivity contribution < 1.29 is 9.32 Å². The molecule has 1 aromatic heterocycles. The van der Waals surface area contributed by atoms with Gasteiger partial charge in [0.2, 0.25) is 5.89 Å². The quantitative estimate of drug-likeness (QED) is 0.830. The molecule has 106 valence electrons. The number of rotatable bonds is 5. The van der Waals surface area contributed by atoms with Crippen LogP contribution < -0.4 is 0 Å². The van der Waals surface area contributed by atoms with Gasteiger partial charge in [0.15, 0.2) is 5.82 Å². The van der Waals surface area contributed by atoms with E-state index in [-0.39, 0.29) is 11.7 Å². The van der Waals surface area contributed by atoms with Crippen molar-refractivity contribution in [2.45, 2.75) is 50.0 Å². The van der Waals surface area contributed by atoms with Crippen LogP contribution in [0.4, 0.5) is 0 Å². The Labute approximate surface area is 122 Å². The lowest BCUT2D eigenvalue weighted by Crippen LogP contribution is -2.19. The summed E-state index contributed by atoms with van der Waals surface area (Å²) in [5.74, 6) is 3.40. The summed E-state index contributed by atoms with van der Waals surface area (Å²) in [5, 5.41) is 4.94. The Balaban J connectivity index is 2.13. The summed E-state index contributed by atoms with van der Waals surface area (Å²) in [6, 6.07) is 0. The van der Waals surface area contributed by atoms with Crippen LogP contribution in [0.25, 0.3) is 0 Å². The molecule has 2 rings (SSSR count). The van der Waals surface area contributed by atoms with Gasteiger partial charge in [-0.05, 0) is 13.3 Å². The zero-order valence-electron chi connectivity index (χ0n) is 11.6. The van der Waals surface area contributed by atoms with Crippen molar-refractivity contribution in [2.75, 3.05) is 11.5 Å². The molecule has 1 aliphatic heterocycles. The summed E-state index contributed by atoms with van der Waals surface area (Å²) in [5.41, 5.74) is 0. The summed E-state index contributed by atoms with van der Waals surface area (Å²) < 4.78 is 5.29. The number of ketones is 1. The smallest absolute Gasteiger partial charge is 0.236 e. The molecule has 0 spiro atoms. The molecule has 3 unspecified atom stereocenters. The number of aromatic nitrogens is 2. The Bertz CT molecular complexity index is 436. The maximum atomic E-state index is 11.7. The van der Waals surface area contributed by atoms with Gasteiger partial charge in [-0.1, -0.05) is 19.0 Å². The van der Waals surface area contributed by atoms with Crippen LogP contribution in [0.3, 0.4) is 0 Å². The highest BCUT2D eigenvalue weighted by atomic mass is 32.2. The third-order valence-corrected chi connectivity index (χ3v) is 6.61. The molecule has 0 aromatic carbocycles. The average molecular weight is 300 g/mol. The maximum absolute atomic E-state index is 11.7. The third kappa shape index (κ3) is 3.34. The molecule has 4 nitrogen and oxygen atoms in total. The summed E-state index contributed by atoms with van der Waals surface area (Å²) in [4.78, 5) is 16.1. The van der Waals surface area contributed by atoms with E-state index in [0.717, 1.165) is 18.0 Å². The molecular weight excluding hydrogens is 280 g/mol. The van der Waals surface area contributed by atoms with Gasteiger partial charge < -0.3 is 4.52 Å². The zero-order chi connectivity index (χ0) is 13.8. The van der Waals surface area contributed by atoms with Gasteiger partial charge in [-0.2, -0.15) is 16.7 Å². The molecule has 3 atom stereocenters. The van der Waals surface area contributed by atoms with E-state index in [4.69, 9.17) is 4.52 Å². The van der Waals surface area contributed by atoms with Crippen molar-refractivity contribution in [3.8, 4) is 0 Å². The first-order chi connectivity index (χ1) is 9.17. The van der Waals surface area contributed by atoms with Gasteiger partial charge in [0.25, 0.3) is 0 Å². The van der Waals surface area contributed by atoms with E-state index in [0.29, 0.717) is 22.8 Å². The fourth-order valence-electron chi connectivity index (χ4n) is 2.12. The van der Waals surface area contributed by atoms with Crippen LogP contribution in [-0.4, -0.2) is 32.7 Å². The Morgan fingerprint density at radius 3 is 2.84 bits per heavy atom. The Morgan fingerprint density at radius 2 is 2.16 bits per heavy atom. The number of nitrogens with zero attached hydrogens (tertiary/aromatic N) is 2. The van der Waals surface area contributed by atoms with Crippen LogP contribution in [0.15, 0.2) is 4.52 Å². The fraction of sp³-hybridized carbons (Fsp3) is 0.769. The molecule has 6 heteroatoms. The fourth-order valence-corrected chi connectivity index (χ4v) is 5.11. The van der Waals surface area contributed by atoms with Crippen molar-refractivity contribution in [3.05, 3.63) is 11.7 Å². The molecule has 0 radical (unpaired) electrons. The number of Topliss-reactive ketones (excluding diaryl/α,β-unsaturated/α-hetero) is 1. The number of carbonyl (C=O) groups is 1. The summed E-state index contributed by atoms with van der Waals surface area (Å²) in [6.45, 7) is 5.89. The van der Waals surface area contributed by atoms with Crippen LogP contribution >= 0.6 is 23.5 Å². The second kappa shape index (κ2) is 6.79. The van der Waals surface area contributed by atoms with Gasteiger partial charge in [0.05, 0.1) is 11.2 Å². The zero-order valence-corrected chi connectivity index (χ0v) is 13.2. The van der Waals surface area contributed by atoms with E-state index >= 15 is 0 Å². The lowest BCUT2D eigenvalue weighted by atomic mass is 10.1. The summed E-state index contributed by atoms with van der Waals surface area (Å²) >= 11 is 3.88. The van der Waals surface area contributed by atoms with E-state index in [1.807, 2.05) is 37.4 Å². The second-order valence-corrected chi connectivity index (χ2v) is 7.24. The largest absolute Gasteiger partial charge is 0.339 e. The molecule has 1 aromatic rings. The minimum Gasteiger partial charge on any atom is -0.339 e. The highest BCUT2D eigenvalue weighted by Gasteiger charge is 2.31. The standard InChI is InChI=1S/C13H20N2O2S2/c1-4-9(16)8(3)13-14-12(15-17-13)11-10(5-2)18-6-7-19-11/h8,10-11H,4-7H2,1-3H3. The first kappa shape index (κ1) is 14.9. The molecule has 0 saturated carbocycles. The van der Waals surface area contributed by atoms with Crippen LogP contribution in [-0.2, 0) is 4.79 Å². The second-order valence-electron chi connectivity index (χ2n) is 4.64. The van der Waals surface area contributed by atoms with E-state index in [1.54, 1.807) is 0 Å². The molecule has 0 bridgehead atoms. The maximum Gasteiger partial charge on any atom is 0.236 e. The molecule has 0 aliphatic carbocycles. The first-order valence-corrected chi connectivity index (χ1v) is 8.86. The van der Waals surface area contributed by atoms with Crippen LogP contribution in [0.5, 0.6) is 0 Å². The van der Waals surface area contributed by atoms with E-state index in [1.165, 1.54) is 5.75 Å². The summed E-state index contributed by atoms with van der Waals surface area (Å²) in [7, 11) is 0. The predicted molar refractivity (Wildman–Crippen MR) is 79.7 cm³/mol. The average Bonchev–Trinajstić information content (AvgIpc) is 2.95. The van der Waals surface area contributed by atoms with Gasteiger partial charge in [0.1, 0.15) is 5.78 Å². The SMILES string of the molecule is CCC(=O)C(C)c1nc(C2SCCSC2CC)no1. The van der Waals surface area contributed by atoms with Crippen molar-refractivity contribution in [1.82, 2.24) is 10.1 Å². The molecule has 1 aliphatic rings. The Morgan fingerprint density at radius 1 is 1.42 bits per heavy atom. The lowest BCUT2D eigenvalue weighted by molar-refractivity contribution is -0.120. The number of thioether (sulfide) groups is 2. The molecule has 0 amide bonds. The van der Waals surface area contributed by atoms with E-state index in [9.17, 15) is 4.79 Å². The molecule has 1 saturated heterocycles. The third-order valence-electron chi connectivity index (χ3n) is 3.37. The monoisotopic (exact) mass is 300 g/mol. The van der Waals surface area contributed by atoms with Crippen LogP contribution in [0, 0.1) is 0 Å². The van der Waals surface area contributed by atoms with Crippen LogP contribution in [0.1, 0.15) is 56.5 Å². The Kier molecular flexibility index (Phi) is 5.33. The molecule has 1 fully saturated rings. The highest BCUT2D eigenvalue weighted by Crippen LogP contribution is 2.43. The number of carbonyl (C=O) groups excluding carboxylic acids is 1. The van der Waals surface area contributed by atoms with Crippen molar-refractivity contribution in [3.63, 3.8) is 0 Å². The molecule has 0 N–H and O–H groups in total. The van der Waals surface area contributed by atoms with Gasteiger partial charge in [0, 0.05) is 23.2 Å². The minimum absolute atomic E-state index is 0.146. The predicted octanol–water partition coefficient (Wildman–Crippen LogP) is 3.45. The van der Waals surface area contributed by atoms with Crippen molar-refractivity contribution >= 4 is 29.3 Å². The van der Waals surface area contributed by atoms with Gasteiger partial charge in [-0.15, -0.1) is 11.8 Å². The summed E-state index contributed by atoms with van der Waals surface area (Å²) in [6.07, 6.45) is 1.61. The highest BCUT2D eigenvalue weighted by molar-refractivity contribution is 8.06. The topological polar surface area (TPSA) is 56.0 Å². The Hall–Kier alpha value is -0.490. The first-order valence-electron chi connectivity index (χ1n) is 6.76. The lowest BCUT2D eigenvalue weighted by Gasteiger charge is -2.27. The number of hydrogen-bond acceptors (Lipinski definition) is 6. The molecular formula is C13H20N2O2S2. The number of hydrogen-bond donors (Lipinski definition) is 0. The molecule has 2 heterocycles. The molecule has 19 heavy (non-hydrogen) atoms. The van der Waals surface area contributed by atoms with E-state index < -0.39 is 0 Å². The van der Waals surface area contributed by atoms with Gasteiger partial charge in [-0.3, -0.25) is 4.79 Å². The van der Waals surface area contributed by atoms with Gasteiger partial charge in [-0.25, -0.2) is 0 Å². The van der Waals surface area contributed by atoms with Crippen molar-refractivity contribution in [2.24, 2.45) is 0 Å². The van der Waals surface area contributed by atoms with Crippen molar-refractivity contribution in [1.29, 1.82) is 0 Å². The van der Waals surface area contributed by atoms with Gasteiger partial charge >= 0.3 is 0 Å². The minimum atomic E-state index is -0.285.